The molecule has 0 saturated heterocycles. The lowest BCUT2D eigenvalue weighted by Gasteiger charge is -1.95. The van der Waals surface area contributed by atoms with Crippen molar-refractivity contribution in [2.75, 3.05) is 13.7 Å². The largest absolute Gasteiger partial charge is 0.384 e. The normalized spacial score (nSPS) is 11.0. The topological polar surface area (TPSA) is 9.23 Å². The first-order valence-electron chi connectivity index (χ1n) is 2.92. The molecule has 0 heterocycles. The highest BCUT2D eigenvalue weighted by atomic mass is 16.5. The second-order valence-corrected chi connectivity index (χ2v) is 1.90. The summed E-state index contributed by atoms with van der Waals surface area (Å²) in [5.41, 5.74) is 1.19. The maximum absolute atomic E-state index is 5.03. The second-order valence-electron chi connectivity index (χ2n) is 1.90. The van der Waals surface area contributed by atoms with Crippen LogP contribution in [-0.4, -0.2) is 13.7 Å². The number of hydrogen-bond donors (Lipinski definition) is 0. The molecule has 0 saturated carbocycles. The quantitative estimate of drug-likeness (QED) is 0.519. The first kappa shape index (κ1) is 8.26. The molecule has 0 aliphatic rings. The molecule has 0 aliphatic heterocycles. The molecule has 0 rings (SSSR count). The van der Waals surface area contributed by atoms with E-state index in [2.05, 4.69) is 5.92 Å². The molecule has 1 nitrogen and oxygen atoms in total. The lowest BCUT2D eigenvalue weighted by Crippen LogP contribution is -1.88. The van der Waals surface area contributed by atoms with Gasteiger partial charge in [-0.1, -0.05) is 11.5 Å². The van der Waals surface area contributed by atoms with Crippen LogP contribution >= 0.6 is 0 Å². The Kier molecular flexibility index (Phi) is 4.95. The van der Waals surface area contributed by atoms with Gasteiger partial charge in [-0.3, -0.25) is 0 Å². The predicted molar refractivity (Wildman–Crippen MR) is 39.1 cm³/mol. The van der Waals surface area contributed by atoms with Gasteiger partial charge < -0.3 is 4.74 Å². The number of rotatable bonds is 3. The molecule has 0 N–H and O–H groups in total. The molecule has 50 valence electrons. The third kappa shape index (κ3) is 5.13. The Morgan fingerprint density at radius 3 is 2.89 bits per heavy atom. The standard InChI is InChI=1S/C8H12O/c1-4-5-8(2)6-7-9-3/h1,5H,6-7H2,2-3H3. The van der Waals surface area contributed by atoms with E-state index >= 15 is 0 Å². The molecular formula is C8H12O. The Morgan fingerprint density at radius 2 is 2.44 bits per heavy atom. The molecule has 0 bridgehead atoms. The third-order valence-corrected chi connectivity index (χ3v) is 1.03. The fourth-order valence-corrected chi connectivity index (χ4v) is 0.477. The van der Waals surface area contributed by atoms with Gasteiger partial charge in [-0.15, -0.1) is 6.42 Å². The number of methoxy groups -OCH3 is 1. The fraction of sp³-hybridized carbons (Fsp3) is 0.500. The van der Waals surface area contributed by atoms with Gasteiger partial charge in [0.25, 0.3) is 0 Å². The van der Waals surface area contributed by atoms with E-state index in [9.17, 15) is 0 Å². The SMILES string of the molecule is C#CC=C(C)CCOC. The molecule has 0 aliphatic carbocycles. The fourth-order valence-electron chi connectivity index (χ4n) is 0.477. The van der Waals surface area contributed by atoms with Crippen LogP contribution in [0.15, 0.2) is 11.6 Å². The summed E-state index contributed by atoms with van der Waals surface area (Å²) in [5.74, 6) is 2.46. The van der Waals surface area contributed by atoms with E-state index in [1.165, 1.54) is 5.57 Å². The van der Waals surface area contributed by atoms with Crippen LogP contribution in [0.4, 0.5) is 0 Å². The third-order valence-electron chi connectivity index (χ3n) is 1.03. The van der Waals surface area contributed by atoms with Crippen LogP contribution in [0, 0.1) is 12.3 Å². The van der Waals surface area contributed by atoms with Crippen molar-refractivity contribution in [1.29, 1.82) is 0 Å². The molecule has 0 amide bonds. The highest BCUT2D eigenvalue weighted by Crippen LogP contribution is 1.97. The van der Waals surface area contributed by atoms with Crippen LogP contribution in [0.5, 0.6) is 0 Å². The minimum atomic E-state index is 0.754. The Morgan fingerprint density at radius 1 is 1.78 bits per heavy atom. The molecule has 0 fully saturated rings. The maximum Gasteiger partial charge on any atom is 0.0499 e. The average molecular weight is 124 g/mol. The zero-order chi connectivity index (χ0) is 7.11. The molecular weight excluding hydrogens is 112 g/mol. The molecule has 0 aromatic heterocycles. The maximum atomic E-state index is 5.03. The van der Waals surface area contributed by atoms with Crippen molar-refractivity contribution in [3.05, 3.63) is 11.6 Å². The van der Waals surface area contributed by atoms with E-state index in [0.29, 0.717) is 0 Å². The summed E-state index contributed by atoms with van der Waals surface area (Å²) in [6, 6.07) is 0. The van der Waals surface area contributed by atoms with Crippen LogP contribution < -0.4 is 0 Å². The summed E-state index contributed by atoms with van der Waals surface area (Å²) in [4.78, 5) is 0. The minimum Gasteiger partial charge on any atom is -0.384 e. The van der Waals surface area contributed by atoms with Gasteiger partial charge >= 0.3 is 0 Å². The van der Waals surface area contributed by atoms with Crippen LogP contribution in [0.1, 0.15) is 13.3 Å². The Labute approximate surface area is 56.7 Å². The molecule has 0 spiro atoms. The van der Waals surface area contributed by atoms with Gasteiger partial charge in [0.1, 0.15) is 0 Å². The van der Waals surface area contributed by atoms with Gasteiger partial charge in [-0.2, -0.15) is 0 Å². The molecule has 0 aromatic rings. The van der Waals surface area contributed by atoms with Crippen LogP contribution in [0.25, 0.3) is 0 Å². The van der Waals surface area contributed by atoms with E-state index in [1.54, 1.807) is 13.2 Å². The van der Waals surface area contributed by atoms with E-state index in [-0.39, 0.29) is 0 Å². The monoisotopic (exact) mass is 124 g/mol. The molecule has 0 atom stereocenters. The Balaban J connectivity index is 3.40. The van der Waals surface area contributed by atoms with Gasteiger partial charge in [0.2, 0.25) is 0 Å². The summed E-state index contributed by atoms with van der Waals surface area (Å²) in [6.07, 6.45) is 7.73. The molecule has 0 unspecified atom stereocenters. The smallest absolute Gasteiger partial charge is 0.0499 e. The minimum absolute atomic E-state index is 0.754. The zero-order valence-electron chi connectivity index (χ0n) is 5.98. The van der Waals surface area contributed by atoms with E-state index < -0.39 is 0 Å². The van der Waals surface area contributed by atoms with Crippen LogP contribution in [0.3, 0.4) is 0 Å². The van der Waals surface area contributed by atoms with Crippen molar-refractivity contribution in [2.24, 2.45) is 0 Å². The van der Waals surface area contributed by atoms with Crippen molar-refractivity contribution in [3.8, 4) is 12.3 Å². The van der Waals surface area contributed by atoms with E-state index in [0.717, 1.165) is 13.0 Å². The van der Waals surface area contributed by atoms with Gasteiger partial charge in [0, 0.05) is 13.7 Å². The summed E-state index contributed by atoms with van der Waals surface area (Å²) in [7, 11) is 1.68. The van der Waals surface area contributed by atoms with Gasteiger partial charge in [-0.25, -0.2) is 0 Å². The lowest BCUT2D eigenvalue weighted by atomic mass is 10.2. The number of terminal acetylenes is 1. The average Bonchev–Trinajstić information content (AvgIpc) is 1.85. The van der Waals surface area contributed by atoms with E-state index in [1.807, 2.05) is 6.92 Å². The predicted octanol–water partition coefficient (Wildman–Crippen LogP) is 1.60. The lowest BCUT2D eigenvalue weighted by molar-refractivity contribution is 0.202. The summed E-state index contributed by atoms with van der Waals surface area (Å²) >= 11 is 0. The van der Waals surface area contributed by atoms with Crippen LogP contribution in [-0.2, 0) is 4.74 Å². The van der Waals surface area contributed by atoms with Crippen LogP contribution in [0.2, 0.25) is 0 Å². The first-order valence-corrected chi connectivity index (χ1v) is 2.92. The van der Waals surface area contributed by atoms with E-state index in [4.69, 9.17) is 11.2 Å². The summed E-state index contributed by atoms with van der Waals surface area (Å²) < 4.78 is 4.85. The number of hydrogen-bond acceptors (Lipinski definition) is 1. The summed E-state index contributed by atoms with van der Waals surface area (Å²) in [5, 5.41) is 0. The molecule has 1 heteroatoms. The second kappa shape index (κ2) is 5.40. The Hall–Kier alpha value is -0.740. The van der Waals surface area contributed by atoms with Crippen molar-refractivity contribution in [1.82, 2.24) is 0 Å². The first-order chi connectivity index (χ1) is 4.31. The number of allylic oxidation sites excluding steroid dienone is 1. The van der Waals surface area contributed by atoms with Gasteiger partial charge in [0.15, 0.2) is 0 Å². The number of ether oxygens (including phenoxy) is 1. The Bertz CT molecular complexity index is 128. The molecule has 0 radical (unpaired) electrons. The molecule has 9 heavy (non-hydrogen) atoms. The van der Waals surface area contributed by atoms with Gasteiger partial charge in [-0.05, 0) is 19.4 Å². The summed E-state index contributed by atoms with van der Waals surface area (Å²) in [6.45, 7) is 2.75. The van der Waals surface area contributed by atoms with Crippen molar-refractivity contribution in [3.63, 3.8) is 0 Å². The zero-order valence-corrected chi connectivity index (χ0v) is 5.98. The van der Waals surface area contributed by atoms with Crippen molar-refractivity contribution in [2.45, 2.75) is 13.3 Å². The van der Waals surface area contributed by atoms with Crippen molar-refractivity contribution >= 4 is 0 Å². The molecule has 0 aromatic carbocycles. The highest BCUT2D eigenvalue weighted by molar-refractivity contribution is 5.15. The van der Waals surface area contributed by atoms with Crippen molar-refractivity contribution < 1.29 is 4.74 Å². The van der Waals surface area contributed by atoms with Gasteiger partial charge in [0.05, 0.1) is 0 Å². The highest BCUT2D eigenvalue weighted by Gasteiger charge is 1.85.